The van der Waals surface area contributed by atoms with E-state index in [2.05, 4.69) is 10.6 Å². The van der Waals surface area contributed by atoms with Gasteiger partial charge in [0.2, 0.25) is 0 Å². The zero-order valence-electron chi connectivity index (χ0n) is 16.7. The third-order valence-electron chi connectivity index (χ3n) is 3.78. The Bertz CT molecular complexity index is 715. The Hall–Kier alpha value is -2.44. The van der Waals surface area contributed by atoms with Gasteiger partial charge in [0.25, 0.3) is 0 Å². The summed E-state index contributed by atoms with van der Waals surface area (Å²) in [4.78, 5) is 12.1. The molecule has 1 unspecified atom stereocenters. The van der Waals surface area contributed by atoms with E-state index in [0.29, 0.717) is 26.3 Å². The van der Waals surface area contributed by atoms with Crippen LogP contribution in [0.25, 0.3) is 0 Å². The third kappa shape index (κ3) is 8.97. The molecule has 2 rings (SSSR count). The molecule has 6 heteroatoms. The third-order valence-corrected chi connectivity index (χ3v) is 3.78. The molecule has 0 spiro atoms. The normalized spacial score (nSPS) is 12.4. The zero-order valence-corrected chi connectivity index (χ0v) is 16.7. The maximum Gasteiger partial charge on any atom is 0.407 e. The summed E-state index contributed by atoms with van der Waals surface area (Å²) < 4.78 is 24.1. The Kier molecular flexibility index (Phi) is 8.42. The number of alkyl carbamates (subject to hydrolysis) is 1. The molecular weight excluding hydrogens is 359 g/mol. The van der Waals surface area contributed by atoms with E-state index in [0.717, 1.165) is 11.1 Å². The first kappa shape index (κ1) is 21.9. The number of carbonyl (C=O) groups excluding carboxylic acids is 1. The number of ether oxygens (including phenoxy) is 2. The van der Waals surface area contributed by atoms with E-state index >= 15 is 0 Å². The van der Waals surface area contributed by atoms with Gasteiger partial charge in [0.15, 0.2) is 0 Å². The van der Waals surface area contributed by atoms with Crippen LogP contribution in [0.15, 0.2) is 54.6 Å². The van der Waals surface area contributed by atoms with Gasteiger partial charge in [0.05, 0.1) is 19.3 Å². The van der Waals surface area contributed by atoms with Crippen LogP contribution in [0.2, 0.25) is 0 Å². The van der Waals surface area contributed by atoms with Crippen molar-refractivity contribution in [3.05, 3.63) is 71.5 Å². The molecule has 0 saturated heterocycles. The molecule has 0 fully saturated rings. The molecule has 0 radical (unpaired) electrons. The SMILES string of the molecule is CC(C)(C)OC(=O)NC(CNCc1ccc(F)cc1)COCc1ccccc1. The molecule has 2 N–H and O–H groups in total. The second-order valence-electron chi connectivity index (χ2n) is 7.60. The zero-order chi connectivity index (χ0) is 20.4. The van der Waals surface area contributed by atoms with Crippen LogP contribution in [0, 0.1) is 5.82 Å². The van der Waals surface area contributed by atoms with Gasteiger partial charge in [-0.05, 0) is 44.0 Å². The van der Waals surface area contributed by atoms with Crippen LogP contribution in [-0.2, 0) is 22.6 Å². The fourth-order valence-electron chi connectivity index (χ4n) is 2.51. The van der Waals surface area contributed by atoms with Crippen molar-refractivity contribution in [2.75, 3.05) is 13.2 Å². The maximum absolute atomic E-state index is 13.0. The molecule has 0 heterocycles. The lowest BCUT2D eigenvalue weighted by Gasteiger charge is -2.24. The van der Waals surface area contributed by atoms with Gasteiger partial charge in [-0.15, -0.1) is 0 Å². The molecule has 1 atom stereocenters. The highest BCUT2D eigenvalue weighted by molar-refractivity contribution is 5.68. The number of carbonyl (C=O) groups is 1. The molecule has 2 aromatic rings. The second-order valence-corrected chi connectivity index (χ2v) is 7.60. The van der Waals surface area contributed by atoms with Crippen molar-refractivity contribution in [3.63, 3.8) is 0 Å². The van der Waals surface area contributed by atoms with Gasteiger partial charge in [0.1, 0.15) is 11.4 Å². The first-order valence-corrected chi connectivity index (χ1v) is 9.38. The van der Waals surface area contributed by atoms with Gasteiger partial charge in [-0.2, -0.15) is 0 Å². The van der Waals surface area contributed by atoms with Crippen LogP contribution in [-0.4, -0.2) is 30.9 Å². The summed E-state index contributed by atoms with van der Waals surface area (Å²) in [5.74, 6) is -0.262. The highest BCUT2D eigenvalue weighted by Gasteiger charge is 2.19. The minimum atomic E-state index is -0.568. The Morgan fingerprint density at radius 3 is 2.36 bits per heavy atom. The van der Waals surface area contributed by atoms with Crippen molar-refractivity contribution in [1.82, 2.24) is 10.6 Å². The molecule has 28 heavy (non-hydrogen) atoms. The first-order chi connectivity index (χ1) is 13.3. The van der Waals surface area contributed by atoms with Crippen LogP contribution >= 0.6 is 0 Å². The van der Waals surface area contributed by atoms with Crippen molar-refractivity contribution in [2.45, 2.75) is 45.6 Å². The van der Waals surface area contributed by atoms with Crippen molar-refractivity contribution in [2.24, 2.45) is 0 Å². The summed E-state index contributed by atoms with van der Waals surface area (Å²) in [6, 6.07) is 15.9. The molecule has 2 aromatic carbocycles. The number of hydrogen-bond acceptors (Lipinski definition) is 4. The topological polar surface area (TPSA) is 59.6 Å². The largest absolute Gasteiger partial charge is 0.444 e. The summed E-state index contributed by atoms with van der Waals surface area (Å²) in [5, 5.41) is 6.11. The Labute approximate surface area is 166 Å². The lowest BCUT2D eigenvalue weighted by atomic mass is 10.2. The van der Waals surface area contributed by atoms with Gasteiger partial charge >= 0.3 is 6.09 Å². The Morgan fingerprint density at radius 1 is 1.04 bits per heavy atom. The van der Waals surface area contributed by atoms with E-state index in [9.17, 15) is 9.18 Å². The number of amides is 1. The molecule has 0 bridgehead atoms. The lowest BCUT2D eigenvalue weighted by molar-refractivity contribution is 0.0428. The number of halogens is 1. The van der Waals surface area contributed by atoms with Crippen molar-refractivity contribution in [1.29, 1.82) is 0 Å². The molecule has 0 aliphatic rings. The Balaban J connectivity index is 1.84. The van der Waals surface area contributed by atoms with Gasteiger partial charge in [-0.1, -0.05) is 42.5 Å². The minimum Gasteiger partial charge on any atom is -0.444 e. The summed E-state index contributed by atoms with van der Waals surface area (Å²) in [6.07, 6.45) is -0.482. The number of hydrogen-bond donors (Lipinski definition) is 2. The van der Waals surface area contributed by atoms with Gasteiger partial charge in [0, 0.05) is 13.1 Å². The molecule has 0 aromatic heterocycles. The van der Waals surface area contributed by atoms with Crippen LogP contribution in [0.1, 0.15) is 31.9 Å². The Morgan fingerprint density at radius 2 is 1.71 bits per heavy atom. The monoisotopic (exact) mass is 388 g/mol. The van der Waals surface area contributed by atoms with Gasteiger partial charge < -0.3 is 20.1 Å². The summed E-state index contributed by atoms with van der Waals surface area (Å²) in [5.41, 5.74) is 1.46. The van der Waals surface area contributed by atoms with Gasteiger partial charge in [-0.3, -0.25) is 0 Å². The highest BCUT2D eigenvalue weighted by Crippen LogP contribution is 2.07. The summed E-state index contributed by atoms with van der Waals surface area (Å²) >= 11 is 0. The summed E-state index contributed by atoms with van der Waals surface area (Å²) in [6.45, 7) is 7.31. The lowest BCUT2D eigenvalue weighted by Crippen LogP contribution is -2.46. The molecule has 0 aliphatic heterocycles. The fourth-order valence-corrected chi connectivity index (χ4v) is 2.51. The molecule has 1 amide bonds. The maximum atomic E-state index is 13.0. The first-order valence-electron chi connectivity index (χ1n) is 9.38. The van der Waals surface area contributed by atoms with Crippen molar-refractivity contribution in [3.8, 4) is 0 Å². The molecular formula is C22H29FN2O3. The van der Waals surface area contributed by atoms with E-state index in [1.165, 1.54) is 12.1 Å². The second kappa shape index (κ2) is 10.8. The number of benzene rings is 2. The standard InChI is InChI=1S/C22H29FN2O3/c1-22(2,3)28-21(26)25-20(16-27-15-18-7-5-4-6-8-18)14-24-13-17-9-11-19(23)12-10-17/h4-12,20,24H,13-16H2,1-3H3,(H,25,26). The molecule has 0 aliphatic carbocycles. The molecule has 5 nitrogen and oxygen atoms in total. The number of rotatable bonds is 9. The fraction of sp³-hybridized carbons (Fsp3) is 0.409. The molecule has 152 valence electrons. The van der Waals surface area contributed by atoms with Crippen molar-refractivity contribution >= 4 is 6.09 Å². The predicted molar refractivity (Wildman–Crippen MR) is 107 cm³/mol. The van der Waals surface area contributed by atoms with Crippen LogP contribution in [0.3, 0.4) is 0 Å². The highest BCUT2D eigenvalue weighted by atomic mass is 19.1. The quantitative estimate of drug-likeness (QED) is 0.681. The van der Waals surface area contributed by atoms with E-state index < -0.39 is 11.7 Å². The van der Waals surface area contributed by atoms with Crippen molar-refractivity contribution < 1.29 is 18.7 Å². The van der Waals surface area contributed by atoms with E-state index in [-0.39, 0.29) is 11.9 Å². The average Bonchev–Trinajstić information content (AvgIpc) is 2.62. The average molecular weight is 388 g/mol. The van der Waals surface area contributed by atoms with E-state index in [1.807, 2.05) is 51.1 Å². The van der Waals surface area contributed by atoms with Gasteiger partial charge in [-0.25, -0.2) is 9.18 Å². The number of nitrogens with one attached hydrogen (secondary N) is 2. The minimum absolute atomic E-state index is 0.262. The van der Waals surface area contributed by atoms with E-state index in [4.69, 9.17) is 9.47 Å². The van der Waals surface area contributed by atoms with Crippen LogP contribution < -0.4 is 10.6 Å². The molecule has 0 saturated carbocycles. The predicted octanol–water partition coefficient (Wildman–Crippen LogP) is 4.03. The smallest absolute Gasteiger partial charge is 0.407 e. The van der Waals surface area contributed by atoms with Crippen LogP contribution in [0.5, 0.6) is 0 Å². The van der Waals surface area contributed by atoms with Crippen LogP contribution in [0.4, 0.5) is 9.18 Å². The van der Waals surface area contributed by atoms with E-state index in [1.54, 1.807) is 12.1 Å². The summed E-state index contributed by atoms with van der Waals surface area (Å²) in [7, 11) is 0.